The number of nitrogens with zero attached hydrogens (tertiary/aromatic N) is 2. The summed E-state index contributed by atoms with van der Waals surface area (Å²) in [5.74, 6) is -0.726. The molecule has 0 spiro atoms. The van der Waals surface area contributed by atoms with Crippen LogP contribution in [-0.4, -0.2) is 64.6 Å². The summed E-state index contributed by atoms with van der Waals surface area (Å²) in [6, 6.07) is 4.78. The van der Waals surface area contributed by atoms with Crippen LogP contribution >= 0.6 is 0 Å². The Labute approximate surface area is 194 Å². The van der Waals surface area contributed by atoms with E-state index in [4.69, 9.17) is 5.73 Å². The summed E-state index contributed by atoms with van der Waals surface area (Å²) < 4.78 is 0. The second kappa shape index (κ2) is 9.61. The Morgan fingerprint density at radius 2 is 2.03 bits per heavy atom. The average Bonchev–Trinajstić information content (AvgIpc) is 3.09. The predicted octanol–water partition coefficient (Wildman–Crippen LogP) is 0.512. The molecule has 0 bridgehead atoms. The smallest absolute Gasteiger partial charge is 0.255 e. The molecule has 1 aromatic rings. The molecule has 4 amide bonds. The number of carbonyl (C=O) groups excluding carboxylic acids is 4. The molecule has 4 rings (SSSR count). The number of nitrogens with one attached hydrogen (secondary N) is 2. The Hall–Kier alpha value is -2.78. The normalized spacial score (nSPS) is 24.2. The standard InChI is InChI=1S/C24H33N5O4/c1-14(2)21(24(33)28-9-3-4-17(25)13-28)26-11-15-5-6-16-12-29(23(32)18(16)10-15)19-7-8-20(30)27-22(19)31/h5-6,10,14,17,19,21,26H,3-4,7-9,11-13,25H2,1-2H3,(H,27,30,31)/t17?,19?,21-/m0/s1. The number of hydrogen-bond donors (Lipinski definition) is 3. The Morgan fingerprint density at radius 1 is 1.24 bits per heavy atom. The molecule has 3 aliphatic rings. The second-order valence-electron chi connectivity index (χ2n) is 9.68. The van der Waals surface area contributed by atoms with Gasteiger partial charge in [-0.15, -0.1) is 0 Å². The highest BCUT2D eigenvalue weighted by Crippen LogP contribution is 2.28. The molecular weight excluding hydrogens is 422 g/mol. The number of rotatable bonds is 6. The zero-order valence-corrected chi connectivity index (χ0v) is 19.3. The van der Waals surface area contributed by atoms with Crippen molar-refractivity contribution in [1.29, 1.82) is 0 Å². The summed E-state index contributed by atoms with van der Waals surface area (Å²) in [6.45, 7) is 6.17. The molecule has 0 saturated carbocycles. The monoisotopic (exact) mass is 455 g/mol. The molecule has 1 aromatic carbocycles. The second-order valence-corrected chi connectivity index (χ2v) is 9.68. The van der Waals surface area contributed by atoms with Crippen molar-refractivity contribution in [1.82, 2.24) is 20.4 Å². The lowest BCUT2D eigenvalue weighted by Crippen LogP contribution is -2.54. The van der Waals surface area contributed by atoms with Crippen LogP contribution in [0.1, 0.15) is 61.0 Å². The average molecular weight is 456 g/mol. The lowest BCUT2D eigenvalue weighted by atomic mass is 9.99. The Bertz CT molecular complexity index is 962. The van der Waals surface area contributed by atoms with E-state index in [1.165, 1.54) is 0 Å². The predicted molar refractivity (Wildman–Crippen MR) is 122 cm³/mol. The van der Waals surface area contributed by atoms with Gasteiger partial charge in [-0.2, -0.15) is 0 Å². The first-order chi connectivity index (χ1) is 15.7. The largest absolute Gasteiger partial charge is 0.340 e. The van der Waals surface area contributed by atoms with Crippen molar-refractivity contribution in [2.75, 3.05) is 13.1 Å². The number of carbonyl (C=O) groups is 4. The summed E-state index contributed by atoms with van der Waals surface area (Å²) in [4.78, 5) is 53.2. The first-order valence-electron chi connectivity index (χ1n) is 11.8. The number of imide groups is 1. The maximum absolute atomic E-state index is 13.1. The Balaban J connectivity index is 1.42. The van der Waals surface area contributed by atoms with Gasteiger partial charge in [-0.05, 0) is 42.4 Å². The maximum Gasteiger partial charge on any atom is 0.255 e. The van der Waals surface area contributed by atoms with Gasteiger partial charge in [0.05, 0.1) is 6.04 Å². The molecule has 9 nitrogen and oxygen atoms in total. The molecule has 3 aliphatic heterocycles. The zero-order chi connectivity index (χ0) is 23.7. The van der Waals surface area contributed by atoms with E-state index < -0.39 is 11.9 Å². The lowest BCUT2D eigenvalue weighted by Gasteiger charge is -2.35. The third kappa shape index (κ3) is 4.94. The van der Waals surface area contributed by atoms with Crippen LogP contribution in [0.2, 0.25) is 0 Å². The van der Waals surface area contributed by atoms with Crippen LogP contribution in [-0.2, 0) is 27.5 Å². The van der Waals surface area contributed by atoms with E-state index >= 15 is 0 Å². The number of piperidine rings is 2. The maximum atomic E-state index is 13.1. The molecule has 2 unspecified atom stereocenters. The van der Waals surface area contributed by atoms with Gasteiger partial charge in [0.2, 0.25) is 17.7 Å². The fourth-order valence-electron chi connectivity index (χ4n) is 4.95. The molecule has 4 N–H and O–H groups in total. The van der Waals surface area contributed by atoms with E-state index in [-0.39, 0.29) is 42.1 Å². The SMILES string of the molecule is CC(C)[C@H](NCc1ccc2c(c1)C(=O)N(C1CCC(=O)NC1=O)C2)C(=O)N1CCCC(N)C1. The van der Waals surface area contributed by atoms with Gasteiger partial charge in [0.25, 0.3) is 5.91 Å². The quantitative estimate of drug-likeness (QED) is 0.537. The van der Waals surface area contributed by atoms with Gasteiger partial charge < -0.3 is 20.9 Å². The van der Waals surface area contributed by atoms with Crippen LogP contribution in [0.5, 0.6) is 0 Å². The molecular formula is C24H33N5O4. The van der Waals surface area contributed by atoms with Gasteiger partial charge in [0.15, 0.2) is 0 Å². The highest BCUT2D eigenvalue weighted by Gasteiger charge is 2.39. The molecule has 0 aromatic heterocycles. The summed E-state index contributed by atoms with van der Waals surface area (Å²) in [5, 5.41) is 5.70. The minimum atomic E-state index is -0.622. The molecule has 0 radical (unpaired) electrons. The molecule has 0 aliphatic carbocycles. The van der Waals surface area contributed by atoms with Crippen LogP contribution < -0.4 is 16.4 Å². The highest BCUT2D eigenvalue weighted by molar-refractivity contribution is 6.05. The van der Waals surface area contributed by atoms with Crippen LogP contribution in [0.15, 0.2) is 18.2 Å². The number of likely N-dealkylation sites (tertiary alicyclic amines) is 1. The van der Waals surface area contributed by atoms with Gasteiger partial charge in [0, 0.05) is 44.2 Å². The van der Waals surface area contributed by atoms with Crippen LogP contribution in [0, 0.1) is 5.92 Å². The topological polar surface area (TPSA) is 125 Å². The molecule has 2 fully saturated rings. The fourth-order valence-corrected chi connectivity index (χ4v) is 4.95. The fraction of sp³-hybridized carbons (Fsp3) is 0.583. The first-order valence-corrected chi connectivity index (χ1v) is 11.8. The highest BCUT2D eigenvalue weighted by atomic mass is 16.2. The summed E-state index contributed by atoms with van der Waals surface area (Å²) in [7, 11) is 0. The van der Waals surface area contributed by atoms with Crippen molar-refractivity contribution in [3.8, 4) is 0 Å². The number of amides is 4. The Kier molecular flexibility index (Phi) is 6.81. The minimum Gasteiger partial charge on any atom is -0.340 e. The first kappa shape index (κ1) is 23.4. The number of benzene rings is 1. The number of hydrogen-bond acceptors (Lipinski definition) is 6. The van der Waals surface area contributed by atoms with Crippen LogP contribution in [0.25, 0.3) is 0 Å². The minimum absolute atomic E-state index is 0.0329. The molecule has 178 valence electrons. The van der Waals surface area contributed by atoms with Crippen LogP contribution in [0.3, 0.4) is 0 Å². The zero-order valence-electron chi connectivity index (χ0n) is 19.3. The molecule has 9 heteroatoms. The molecule has 33 heavy (non-hydrogen) atoms. The summed E-state index contributed by atoms with van der Waals surface area (Å²) in [6.07, 6.45) is 2.45. The van der Waals surface area contributed by atoms with E-state index in [0.29, 0.717) is 31.6 Å². The van der Waals surface area contributed by atoms with E-state index in [0.717, 1.165) is 30.5 Å². The molecule has 2 saturated heterocycles. The third-order valence-corrected chi connectivity index (χ3v) is 6.82. The number of nitrogens with two attached hydrogens (primary N) is 1. The van der Waals surface area contributed by atoms with Crippen molar-refractivity contribution in [2.45, 2.75) is 70.7 Å². The summed E-state index contributed by atoms with van der Waals surface area (Å²) >= 11 is 0. The summed E-state index contributed by atoms with van der Waals surface area (Å²) in [5.41, 5.74) is 8.41. The van der Waals surface area contributed by atoms with Gasteiger partial charge in [-0.25, -0.2) is 0 Å². The van der Waals surface area contributed by atoms with Gasteiger partial charge in [-0.1, -0.05) is 26.0 Å². The Morgan fingerprint density at radius 3 is 2.73 bits per heavy atom. The van der Waals surface area contributed by atoms with Crippen molar-refractivity contribution >= 4 is 23.6 Å². The molecule has 3 heterocycles. The van der Waals surface area contributed by atoms with Crippen molar-refractivity contribution in [3.63, 3.8) is 0 Å². The van der Waals surface area contributed by atoms with E-state index in [1.807, 2.05) is 36.9 Å². The van der Waals surface area contributed by atoms with E-state index in [2.05, 4.69) is 10.6 Å². The lowest BCUT2D eigenvalue weighted by molar-refractivity contribution is -0.137. The van der Waals surface area contributed by atoms with Crippen LogP contribution in [0.4, 0.5) is 0 Å². The van der Waals surface area contributed by atoms with Crippen molar-refractivity contribution in [3.05, 3.63) is 34.9 Å². The van der Waals surface area contributed by atoms with E-state index in [1.54, 1.807) is 4.90 Å². The van der Waals surface area contributed by atoms with Gasteiger partial charge >= 0.3 is 0 Å². The van der Waals surface area contributed by atoms with Gasteiger partial charge in [-0.3, -0.25) is 24.5 Å². The van der Waals surface area contributed by atoms with Crippen molar-refractivity contribution in [2.24, 2.45) is 11.7 Å². The molecule has 3 atom stereocenters. The van der Waals surface area contributed by atoms with Crippen molar-refractivity contribution < 1.29 is 19.2 Å². The third-order valence-electron chi connectivity index (χ3n) is 6.82. The number of fused-ring (bicyclic) bond motifs is 1. The van der Waals surface area contributed by atoms with Gasteiger partial charge in [0.1, 0.15) is 6.04 Å². The van der Waals surface area contributed by atoms with E-state index in [9.17, 15) is 19.2 Å².